The van der Waals surface area contributed by atoms with Gasteiger partial charge in [0, 0.05) is 19.6 Å². The van der Waals surface area contributed by atoms with Gasteiger partial charge in [-0.05, 0) is 47.0 Å². The van der Waals surface area contributed by atoms with Crippen LogP contribution in [-0.2, 0) is 14.3 Å². The molecule has 0 bridgehead atoms. The molecule has 1 atom stereocenters. The Morgan fingerprint density at radius 2 is 1.89 bits per heavy atom. The molecule has 0 aromatic heterocycles. The van der Waals surface area contributed by atoms with Gasteiger partial charge < -0.3 is 14.4 Å². The number of carbonyl (C=O) groups excluding carboxylic acids is 1. The van der Waals surface area contributed by atoms with Gasteiger partial charge in [-0.1, -0.05) is 0 Å². The number of amides is 1. The van der Waals surface area contributed by atoms with Gasteiger partial charge in [-0.15, -0.1) is 0 Å². The van der Waals surface area contributed by atoms with Crippen molar-refractivity contribution in [2.45, 2.75) is 71.6 Å². The van der Waals surface area contributed by atoms with Crippen molar-refractivity contribution in [2.24, 2.45) is 0 Å². The van der Waals surface area contributed by atoms with E-state index in [2.05, 4.69) is 0 Å². The summed E-state index contributed by atoms with van der Waals surface area (Å²) >= 11 is 0. The Balaban J connectivity index is 2.25. The summed E-state index contributed by atoms with van der Waals surface area (Å²) in [6.45, 7) is 10.3. The molecule has 0 aromatic carbocycles. The fourth-order valence-electron chi connectivity index (χ4n) is 2.33. The predicted octanol–water partition coefficient (Wildman–Crippen LogP) is 2.61. The normalized spacial score (nSPS) is 19.7. The highest BCUT2D eigenvalue weighted by Crippen LogP contribution is 2.19. The van der Waals surface area contributed by atoms with Crippen molar-refractivity contribution in [3.63, 3.8) is 0 Å². The van der Waals surface area contributed by atoms with E-state index in [1.807, 2.05) is 32.6 Å². The Kier molecular flexibility index (Phi) is 7.39. The number of nitrogens with zero attached hydrogens (tertiary/aromatic N) is 1. The van der Waals surface area contributed by atoms with E-state index in [1.165, 1.54) is 0 Å². The van der Waals surface area contributed by atoms with Crippen LogP contribution >= 0.6 is 0 Å². The topological polar surface area (TPSA) is 38.8 Å². The van der Waals surface area contributed by atoms with Crippen LogP contribution in [0.2, 0.25) is 0 Å². The van der Waals surface area contributed by atoms with Crippen LogP contribution in [0.25, 0.3) is 0 Å². The lowest BCUT2D eigenvalue weighted by Gasteiger charge is -2.25. The van der Waals surface area contributed by atoms with Crippen molar-refractivity contribution in [1.29, 1.82) is 0 Å². The van der Waals surface area contributed by atoms with Crippen LogP contribution in [0.3, 0.4) is 0 Å². The molecule has 19 heavy (non-hydrogen) atoms. The summed E-state index contributed by atoms with van der Waals surface area (Å²) in [6, 6.07) is 0.279. The van der Waals surface area contributed by atoms with E-state index in [0.717, 1.165) is 25.8 Å². The van der Waals surface area contributed by atoms with E-state index in [4.69, 9.17) is 9.47 Å². The van der Waals surface area contributed by atoms with Gasteiger partial charge in [-0.3, -0.25) is 4.79 Å². The molecule has 0 spiro atoms. The standard InChI is InChI=1S/C15H29NO3/c1-12(2)18-10-6-8-15(17)16-9-5-7-14(16)11-19-13(3)4/h12-14H,5-11H2,1-4H3. The summed E-state index contributed by atoms with van der Waals surface area (Å²) in [5.74, 6) is 0.252. The highest BCUT2D eigenvalue weighted by molar-refractivity contribution is 5.76. The van der Waals surface area contributed by atoms with E-state index >= 15 is 0 Å². The molecular formula is C15H29NO3. The third-order valence-electron chi connectivity index (χ3n) is 3.31. The van der Waals surface area contributed by atoms with Gasteiger partial charge in [0.25, 0.3) is 0 Å². The summed E-state index contributed by atoms with van der Waals surface area (Å²) in [4.78, 5) is 14.2. The first-order valence-corrected chi connectivity index (χ1v) is 7.53. The highest BCUT2D eigenvalue weighted by Gasteiger charge is 2.28. The molecule has 1 aliphatic heterocycles. The second-order valence-electron chi connectivity index (χ2n) is 5.79. The second-order valence-corrected chi connectivity index (χ2v) is 5.79. The van der Waals surface area contributed by atoms with Crippen LogP contribution in [-0.4, -0.2) is 48.8 Å². The Morgan fingerprint density at radius 1 is 1.21 bits per heavy atom. The number of rotatable bonds is 8. The van der Waals surface area contributed by atoms with Gasteiger partial charge in [0.15, 0.2) is 0 Å². The van der Waals surface area contributed by atoms with Crippen LogP contribution < -0.4 is 0 Å². The molecule has 0 N–H and O–H groups in total. The van der Waals surface area contributed by atoms with Gasteiger partial charge >= 0.3 is 0 Å². The van der Waals surface area contributed by atoms with Crippen molar-refractivity contribution < 1.29 is 14.3 Å². The molecule has 1 heterocycles. The number of hydrogen-bond acceptors (Lipinski definition) is 3. The molecule has 4 heteroatoms. The van der Waals surface area contributed by atoms with Crippen LogP contribution in [0.1, 0.15) is 53.4 Å². The SMILES string of the molecule is CC(C)OCCCC(=O)N1CCCC1COC(C)C. The minimum Gasteiger partial charge on any atom is -0.379 e. The number of likely N-dealkylation sites (tertiary alicyclic amines) is 1. The smallest absolute Gasteiger partial charge is 0.222 e. The van der Waals surface area contributed by atoms with Gasteiger partial charge in [0.2, 0.25) is 5.91 Å². The van der Waals surface area contributed by atoms with Gasteiger partial charge in [0.05, 0.1) is 24.9 Å². The van der Waals surface area contributed by atoms with E-state index in [-0.39, 0.29) is 24.2 Å². The summed E-state index contributed by atoms with van der Waals surface area (Å²) in [5, 5.41) is 0. The van der Waals surface area contributed by atoms with E-state index in [9.17, 15) is 4.79 Å². The van der Waals surface area contributed by atoms with E-state index in [0.29, 0.717) is 19.6 Å². The fourth-order valence-corrected chi connectivity index (χ4v) is 2.33. The number of hydrogen-bond donors (Lipinski definition) is 0. The molecule has 0 saturated carbocycles. The highest BCUT2D eigenvalue weighted by atomic mass is 16.5. The maximum absolute atomic E-state index is 12.2. The van der Waals surface area contributed by atoms with Crippen molar-refractivity contribution in [3.8, 4) is 0 Å². The zero-order valence-electron chi connectivity index (χ0n) is 12.9. The Bertz CT molecular complexity index is 266. The van der Waals surface area contributed by atoms with Gasteiger partial charge in [-0.25, -0.2) is 0 Å². The molecule has 1 aliphatic rings. The lowest BCUT2D eigenvalue weighted by atomic mass is 10.2. The lowest BCUT2D eigenvalue weighted by molar-refractivity contribution is -0.133. The first kappa shape index (κ1) is 16.4. The minimum absolute atomic E-state index is 0.233. The maximum Gasteiger partial charge on any atom is 0.222 e. The Morgan fingerprint density at radius 3 is 2.53 bits per heavy atom. The summed E-state index contributed by atoms with van der Waals surface area (Å²) in [5.41, 5.74) is 0. The zero-order valence-corrected chi connectivity index (χ0v) is 12.9. The summed E-state index contributed by atoms with van der Waals surface area (Å²) in [6.07, 6.45) is 4.04. The van der Waals surface area contributed by atoms with E-state index in [1.54, 1.807) is 0 Å². The molecular weight excluding hydrogens is 242 g/mol. The predicted molar refractivity (Wildman–Crippen MR) is 76.1 cm³/mol. The lowest BCUT2D eigenvalue weighted by Crippen LogP contribution is -2.38. The monoisotopic (exact) mass is 271 g/mol. The molecule has 0 aromatic rings. The van der Waals surface area contributed by atoms with Crippen LogP contribution in [0.4, 0.5) is 0 Å². The third kappa shape index (κ3) is 6.39. The van der Waals surface area contributed by atoms with Crippen molar-refractivity contribution in [3.05, 3.63) is 0 Å². The molecule has 1 fully saturated rings. The minimum atomic E-state index is 0.233. The van der Waals surface area contributed by atoms with Gasteiger partial charge in [0.1, 0.15) is 0 Å². The average Bonchev–Trinajstić information content (AvgIpc) is 2.79. The first-order chi connectivity index (χ1) is 9.00. The molecule has 1 amide bonds. The van der Waals surface area contributed by atoms with E-state index < -0.39 is 0 Å². The quantitative estimate of drug-likeness (QED) is 0.637. The Labute approximate surface area is 117 Å². The van der Waals surface area contributed by atoms with Crippen LogP contribution in [0.5, 0.6) is 0 Å². The molecule has 1 rings (SSSR count). The fraction of sp³-hybridized carbons (Fsp3) is 0.933. The zero-order chi connectivity index (χ0) is 14.3. The summed E-state index contributed by atoms with van der Waals surface area (Å²) in [7, 11) is 0. The molecule has 112 valence electrons. The number of carbonyl (C=O) groups is 1. The molecule has 0 aliphatic carbocycles. The number of ether oxygens (including phenoxy) is 2. The van der Waals surface area contributed by atoms with Crippen molar-refractivity contribution in [2.75, 3.05) is 19.8 Å². The maximum atomic E-state index is 12.2. The molecule has 4 nitrogen and oxygen atoms in total. The molecule has 1 saturated heterocycles. The van der Waals surface area contributed by atoms with Crippen LogP contribution in [0, 0.1) is 0 Å². The van der Waals surface area contributed by atoms with Crippen LogP contribution in [0.15, 0.2) is 0 Å². The Hall–Kier alpha value is -0.610. The molecule has 0 radical (unpaired) electrons. The van der Waals surface area contributed by atoms with Crippen molar-refractivity contribution >= 4 is 5.91 Å². The second kappa shape index (κ2) is 8.54. The first-order valence-electron chi connectivity index (χ1n) is 7.53. The van der Waals surface area contributed by atoms with Gasteiger partial charge in [-0.2, -0.15) is 0 Å². The third-order valence-corrected chi connectivity index (χ3v) is 3.31. The summed E-state index contributed by atoms with van der Waals surface area (Å²) < 4.78 is 11.1. The van der Waals surface area contributed by atoms with Crippen molar-refractivity contribution in [1.82, 2.24) is 4.90 Å². The largest absolute Gasteiger partial charge is 0.379 e. The average molecular weight is 271 g/mol. The molecule has 1 unspecified atom stereocenters.